The predicted molar refractivity (Wildman–Crippen MR) is 144 cm³/mol. The second-order valence-electron chi connectivity index (χ2n) is 9.23. The number of amides is 3. The van der Waals surface area contributed by atoms with Crippen LogP contribution >= 0.6 is 11.6 Å². The highest BCUT2D eigenvalue weighted by molar-refractivity contribution is 6.30. The number of hydrogen-bond acceptors (Lipinski definition) is 6. The standard InChI is InChI=1S/C28H33ClN4O5/c1-4-38-27(35)24-23(31(2)28(36)30-25(24)20-7-5-8-22(17-20)37-3)18-32-13-6-14-33(16-15-32)26(34)19-9-11-21(29)12-10-19/h5,7-12,17,25H,4,6,13-16,18H2,1-3H3,(H,30,36). The van der Waals surface area contributed by atoms with Crippen molar-refractivity contribution in [2.75, 3.05) is 53.5 Å². The fraction of sp³-hybridized carbons (Fsp3) is 0.393. The number of methoxy groups -OCH3 is 1. The van der Waals surface area contributed by atoms with Crippen molar-refractivity contribution in [1.82, 2.24) is 20.0 Å². The molecule has 202 valence electrons. The van der Waals surface area contributed by atoms with Gasteiger partial charge >= 0.3 is 12.0 Å². The van der Waals surface area contributed by atoms with Crippen molar-refractivity contribution in [2.45, 2.75) is 19.4 Å². The molecule has 10 heteroatoms. The van der Waals surface area contributed by atoms with Crippen molar-refractivity contribution in [3.05, 3.63) is 76.0 Å². The number of nitrogens with zero attached hydrogens (tertiary/aromatic N) is 3. The molecule has 0 aromatic heterocycles. The lowest BCUT2D eigenvalue weighted by molar-refractivity contribution is -0.139. The van der Waals surface area contributed by atoms with Gasteiger partial charge in [-0.25, -0.2) is 9.59 Å². The van der Waals surface area contributed by atoms with E-state index in [1.807, 2.05) is 23.1 Å². The fourth-order valence-corrected chi connectivity index (χ4v) is 4.91. The van der Waals surface area contributed by atoms with E-state index in [0.29, 0.717) is 60.3 Å². The monoisotopic (exact) mass is 540 g/mol. The maximum Gasteiger partial charge on any atom is 0.338 e. The molecule has 2 aliphatic heterocycles. The maximum atomic E-state index is 13.3. The average Bonchev–Trinajstić information content (AvgIpc) is 3.17. The highest BCUT2D eigenvalue weighted by Gasteiger charge is 2.37. The van der Waals surface area contributed by atoms with Crippen LogP contribution in [0.3, 0.4) is 0 Å². The number of nitrogens with one attached hydrogen (secondary N) is 1. The van der Waals surface area contributed by atoms with Crippen LogP contribution in [0, 0.1) is 0 Å². The van der Waals surface area contributed by atoms with Gasteiger partial charge in [0.15, 0.2) is 0 Å². The number of likely N-dealkylation sites (N-methyl/N-ethyl adjacent to an activating group) is 1. The highest BCUT2D eigenvalue weighted by atomic mass is 35.5. The second-order valence-corrected chi connectivity index (χ2v) is 9.66. The highest BCUT2D eigenvalue weighted by Crippen LogP contribution is 2.33. The third kappa shape index (κ3) is 6.11. The van der Waals surface area contributed by atoms with Crippen molar-refractivity contribution in [3.63, 3.8) is 0 Å². The molecule has 2 heterocycles. The molecule has 0 aliphatic carbocycles. The van der Waals surface area contributed by atoms with Gasteiger partial charge in [0, 0.05) is 56.1 Å². The minimum Gasteiger partial charge on any atom is -0.497 e. The number of benzene rings is 2. The average molecular weight is 541 g/mol. The summed E-state index contributed by atoms with van der Waals surface area (Å²) in [5, 5.41) is 3.52. The summed E-state index contributed by atoms with van der Waals surface area (Å²) in [7, 11) is 3.22. The van der Waals surface area contributed by atoms with Gasteiger partial charge in [-0.2, -0.15) is 0 Å². The SMILES string of the molecule is CCOC(=O)C1=C(CN2CCCN(C(=O)c3ccc(Cl)cc3)CC2)N(C)C(=O)NC1c1cccc(OC)c1. The van der Waals surface area contributed by atoms with E-state index >= 15 is 0 Å². The van der Waals surface area contributed by atoms with Crippen molar-refractivity contribution in [1.29, 1.82) is 0 Å². The first kappa shape index (κ1) is 27.5. The normalized spacial score (nSPS) is 18.6. The number of hydrogen-bond donors (Lipinski definition) is 1. The molecule has 0 spiro atoms. The maximum absolute atomic E-state index is 13.3. The summed E-state index contributed by atoms with van der Waals surface area (Å²) in [5.74, 6) is 0.108. The first-order chi connectivity index (χ1) is 18.3. The fourth-order valence-electron chi connectivity index (χ4n) is 4.79. The third-order valence-corrected chi connectivity index (χ3v) is 7.09. The molecule has 0 radical (unpaired) electrons. The third-order valence-electron chi connectivity index (χ3n) is 6.84. The number of carbonyl (C=O) groups is 3. The van der Waals surface area contributed by atoms with E-state index in [1.165, 1.54) is 4.90 Å². The first-order valence-electron chi connectivity index (χ1n) is 12.7. The van der Waals surface area contributed by atoms with Crippen molar-refractivity contribution in [3.8, 4) is 5.75 Å². The lowest BCUT2D eigenvalue weighted by atomic mass is 9.94. The topological polar surface area (TPSA) is 91.4 Å². The van der Waals surface area contributed by atoms with Gasteiger partial charge in [0.2, 0.25) is 0 Å². The molecule has 0 saturated carbocycles. The van der Waals surface area contributed by atoms with Gasteiger partial charge in [-0.05, 0) is 55.3 Å². The van der Waals surface area contributed by atoms with Crippen LogP contribution < -0.4 is 10.1 Å². The van der Waals surface area contributed by atoms with Crippen LogP contribution in [0.25, 0.3) is 0 Å². The van der Waals surface area contributed by atoms with Gasteiger partial charge in [0.25, 0.3) is 5.91 Å². The number of esters is 1. The molecule has 1 atom stereocenters. The Morgan fingerprint density at radius 1 is 1.08 bits per heavy atom. The summed E-state index contributed by atoms with van der Waals surface area (Å²) < 4.78 is 10.8. The number of carbonyl (C=O) groups excluding carboxylic acids is 3. The molecular weight excluding hydrogens is 508 g/mol. The molecular formula is C28H33ClN4O5. The lowest BCUT2D eigenvalue weighted by Crippen LogP contribution is -2.49. The van der Waals surface area contributed by atoms with E-state index in [0.717, 1.165) is 12.0 Å². The summed E-state index contributed by atoms with van der Waals surface area (Å²) in [6, 6.07) is 13.2. The van der Waals surface area contributed by atoms with E-state index in [1.54, 1.807) is 51.4 Å². The minimum atomic E-state index is -0.683. The zero-order chi connectivity index (χ0) is 27.2. The lowest BCUT2D eigenvalue weighted by Gasteiger charge is -2.36. The summed E-state index contributed by atoms with van der Waals surface area (Å²) >= 11 is 5.97. The van der Waals surface area contributed by atoms with Crippen LogP contribution in [-0.4, -0.2) is 86.1 Å². The smallest absolute Gasteiger partial charge is 0.338 e. The van der Waals surface area contributed by atoms with Gasteiger partial charge in [-0.3, -0.25) is 14.6 Å². The Kier molecular flexibility index (Phi) is 8.91. The van der Waals surface area contributed by atoms with Gasteiger partial charge in [-0.15, -0.1) is 0 Å². The molecule has 0 bridgehead atoms. The van der Waals surface area contributed by atoms with E-state index in [2.05, 4.69) is 10.2 Å². The van der Waals surface area contributed by atoms with Crippen molar-refractivity contribution in [2.24, 2.45) is 0 Å². The Morgan fingerprint density at radius 2 is 1.84 bits per heavy atom. The van der Waals surface area contributed by atoms with Gasteiger partial charge in [0.1, 0.15) is 5.75 Å². The van der Waals surface area contributed by atoms with Crippen LogP contribution in [0.4, 0.5) is 4.79 Å². The molecule has 1 unspecified atom stereocenters. The summed E-state index contributed by atoms with van der Waals surface area (Å²) in [6.45, 7) is 4.78. The molecule has 3 amide bonds. The van der Waals surface area contributed by atoms with E-state index in [-0.39, 0.29) is 18.5 Å². The Hall–Kier alpha value is -3.56. The number of rotatable bonds is 7. The van der Waals surface area contributed by atoms with E-state index in [9.17, 15) is 14.4 Å². The molecule has 2 aliphatic rings. The van der Waals surface area contributed by atoms with Crippen LogP contribution in [-0.2, 0) is 9.53 Å². The molecule has 1 fully saturated rings. The number of halogens is 1. The van der Waals surface area contributed by atoms with Crippen molar-refractivity contribution < 1.29 is 23.9 Å². The summed E-state index contributed by atoms with van der Waals surface area (Å²) in [4.78, 5) is 44.8. The zero-order valence-corrected chi connectivity index (χ0v) is 22.7. The predicted octanol–water partition coefficient (Wildman–Crippen LogP) is 3.71. The van der Waals surface area contributed by atoms with Gasteiger partial charge in [0.05, 0.1) is 25.3 Å². The molecule has 1 N–H and O–H groups in total. The summed E-state index contributed by atoms with van der Waals surface area (Å²) in [6.07, 6.45) is 0.760. The quantitative estimate of drug-likeness (QED) is 0.538. The Bertz CT molecular complexity index is 1220. The van der Waals surface area contributed by atoms with E-state index in [4.69, 9.17) is 21.1 Å². The number of ether oxygens (including phenoxy) is 2. The molecule has 4 rings (SSSR count). The Labute approximate surface area is 227 Å². The van der Waals surface area contributed by atoms with Gasteiger partial charge in [-0.1, -0.05) is 23.7 Å². The van der Waals surface area contributed by atoms with Crippen molar-refractivity contribution >= 4 is 29.5 Å². The zero-order valence-electron chi connectivity index (χ0n) is 21.9. The molecule has 1 saturated heterocycles. The molecule has 2 aromatic carbocycles. The first-order valence-corrected chi connectivity index (χ1v) is 13.1. The molecule has 2 aromatic rings. The van der Waals surface area contributed by atoms with Crippen LogP contribution in [0.1, 0.15) is 35.3 Å². The second kappa shape index (κ2) is 12.3. The number of urea groups is 1. The molecule has 38 heavy (non-hydrogen) atoms. The van der Waals surface area contributed by atoms with E-state index < -0.39 is 12.0 Å². The van der Waals surface area contributed by atoms with Crippen LogP contribution in [0.5, 0.6) is 5.75 Å². The van der Waals surface area contributed by atoms with Crippen LogP contribution in [0.15, 0.2) is 59.8 Å². The Morgan fingerprint density at radius 3 is 2.55 bits per heavy atom. The minimum absolute atomic E-state index is 0.0396. The summed E-state index contributed by atoms with van der Waals surface area (Å²) in [5.41, 5.74) is 2.29. The largest absolute Gasteiger partial charge is 0.497 e. The van der Waals surface area contributed by atoms with Gasteiger partial charge < -0.3 is 19.7 Å². The molecule has 9 nitrogen and oxygen atoms in total. The van der Waals surface area contributed by atoms with Crippen LogP contribution in [0.2, 0.25) is 5.02 Å². The Balaban J connectivity index is 1.60.